The lowest BCUT2D eigenvalue weighted by molar-refractivity contribution is 0.0992. The molecule has 0 saturated carbocycles. The van der Waals surface area contributed by atoms with E-state index in [1.807, 2.05) is 37.3 Å². The molecule has 2 rings (SSSR count). The minimum absolute atomic E-state index is 0.133. The molecule has 0 aliphatic carbocycles. The topological polar surface area (TPSA) is 66.0 Å². The first-order valence-corrected chi connectivity index (χ1v) is 7.50. The number of amides is 1. The highest BCUT2D eigenvalue weighted by atomic mass is 16.6. The van der Waals surface area contributed by atoms with Crippen molar-refractivity contribution < 1.29 is 23.7 Å². The van der Waals surface area contributed by atoms with Crippen LogP contribution in [0.4, 0.5) is 10.5 Å². The van der Waals surface area contributed by atoms with Gasteiger partial charge in [-0.25, -0.2) is 4.79 Å². The third kappa shape index (κ3) is 5.08. The molecule has 0 aliphatic heterocycles. The Morgan fingerprint density at radius 2 is 1.75 bits per heavy atom. The molecular weight excluding hydrogens is 310 g/mol. The Balaban J connectivity index is 1.82. The summed E-state index contributed by atoms with van der Waals surface area (Å²) in [5.41, 5.74) is 0.550. The van der Waals surface area contributed by atoms with Crippen LogP contribution in [0, 0.1) is 0 Å². The number of carbonyl (C=O) groups is 1. The molecule has 2 aromatic rings. The van der Waals surface area contributed by atoms with Crippen molar-refractivity contribution in [1.82, 2.24) is 0 Å². The molecule has 1 unspecified atom stereocenters. The summed E-state index contributed by atoms with van der Waals surface area (Å²) >= 11 is 0. The number of para-hydroxylation sites is 1. The number of carbonyl (C=O) groups excluding carboxylic acids is 1. The van der Waals surface area contributed by atoms with Gasteiger partial charge in [-0.15, -0.1) is 0 Å². The minimum Gasteiger partial charge on any atom is -0.493 e. The summed E-state index contributed by atoms with van der Waals surface area (Å²) < 4.78 is 21.1. The second-order valence-corrected chi connectivity index (χ2v) is 5.03. The monoisotopic (exact) mass is 331 g/mol. The molecule has 0 aliphatic rings. The highest BCUT2D eigenvalue weighted by Gasteiger charge is 2.11. The summed E-state index contributed by atoms with van der Waals surface area (Å²) in [6.45, 7) is 1.96. The molecule has 0 radical (unpaired) electrons. The molecule has 0 saturated heterocycles. The van der Waals surface area contributed by atoms with E-state index < -0.39 is 6.09 Å². The standard InChI is InChI=1S/C18H21NO5/c1-13(24-15-7-5-4-6-8-15)12-23-18(20)19-14-9-10-16(21-2)17(11-14)22-3/h4-11,13H,12H2,1-3H3,(H,19,20). The molecule has 2 aromatic carbocycles. The fraction of sp³-hybridized carbons (Fsp3) is 0.278. The molecule has 1 atom stereocenters. The van der Waals surface area contributed by atoms with Crippen LogP contribution in [-0.2, 0) is 4.74 Å². The molecule has 0 fully saturated rings. The van der Waals surface area contributed by atoms with Crippen LogP contribution in [0.25, 0.3) is 0 Å². The molecular formula is C18H21NO5. The quantitative estimate of drug-likeness (QED) is 0.837. The third-order valence-electron chi connectivity index (χ3n) is 3.16. The van der Waals surface area contributed by atoms with E-state index >= 15 is 0 Å². The largest absolute Gasteiger partial charge is 0.493 e. The van der Waals surface area contributed by atoms with Gasteiger partial charge in [0, 0.05) is 11.8 Å². The molecule has 1 N–H and O–H groups in total. The lowest BCUT2D eigenvalue weighted by atomic mass is 10.3. The number of hydrogen-bond acceptors (Lipinski definition) is 5. The number of methoxy groups -OCH3 is 2. The van der Waals surface area contributed by atoms with Crippen LogP contribution in [-0.4, -0.2) is 33.0 Å². The van der Waals surface area contributed by atoms with Gasteiger partial charge in [0.05, 0.1) is 14.2 Å². The van der Waals surface area contributed by atoms with E-state index in [2.05, 4.69) is 5.32 Å². The molecule has 0 heterocycles. The Morgan fingerprint density at radius 1 is 1.04 bits per heavy atom. The van der Waals surface area contributed by atoms with Gasteiger partial charge in [0.15, 0.2) is 11.5 Å². The molecule has 0 spiro atoms. The molecule has 0 aromatic heterocycles. The van der Waals surface area contributed by atoms with Crippen LogP contribution in [0.2, 0.25) is 0 Å². The zero-order valence-corrected chi connectivity index (χ0v) is 13.9. The van der Waals surface area contributed by atoms with Crippen molar-refractivity contribution >= 4 is 11.8 Å². The van der Waals surface area contributed by atoms with Gasteiger partial charge >= 0.3 is 6.09 Å². The smallest absolute Gasteiger partial charge is 0.411 e. The molecule has 1 amide bonds. The molecule has 0 bridgehead atoms. The number of hydrogen-bond donors (Lipinski definition) is 1. The van der Waals surface area contributed by atoms with Gasteiger partial charge in [0.25, 0.3) is 0 Å². The normalized spacial score (nSPS) is 11.3. The highest BCUT2D eigenvalue weighted by Crippen LogP contribution is 2.29. The highest BCUT2D eigenvalue weighted by molar-refractivity contribution is 5.85. The van der Waals surface area contributed by atoms with Crippen molar-refractivity contribution in [1.29, 1.82) is 0 Å². The molecule has 24 heavy (non-hydrogen) atoms. The van der Waals surface area contributed by atoms with E-state index in [0.29, 0.717) is 17.2 Å². The van der Waals surface area contributed by atoms with Crippen LogP contribution in [0.3, 0.4) is 0 Å². The van der Waals surface area contributed by atoms with Crippen molar-refractivity contribution in [3.63, 3.8) is 0 Å². The van der Waals surface area contributed by atoms with Gasteiger partial charge in [0.2, 0.25) is 0 Å². The van der Waals surface area contributed by atoms with Gasteiger partial charge in [-0.1, -0.05) is 18.2 Å². The SMILES string of the molecule is COc1ccc(NC(=O)OCC(C)Oc2ccccc2)cc1OC. The summed E-state index contributed by atoms with van der Waals surface area (Å²) in [7, 11) is 3.08. The number of anilines is 1. The van der Waals surface area contributed by atoms with E-state index in [4.69, 9.17) is 18.9 Å². The zero-order chi connectivity index (χ0) is 17.4. The Bertz CT molecular complexity index is 660. The fourth-order valence-electron chi connectivity index (χ4n) is 2.03. The van der Waals surface area contributed by atoms with E-state index in [-0.39, 0.29) is 12.7 Å². The average Bonchev–Trinajstić information content (AvgIpc) is 2.60. The summed E-state index contributed by atoms with van der Waals surface area (Å²) in [6.07, 6.45) is -0.825. The van der Waals surface area contributed by atoms with Crippen molar-refractivity contribution in [2.24, 2.45) is 0 Å². The maximum absolute atomic E-state index is 11.9. The van der Waals surface area contributed by atoms with E-state index in [1.165, 1.54) is 7.11 Å². The van der Waals surface area contributed by atoms with Crippen LogP contribution in [0.15, 0.2) is 48.5 Å². The summed E-state index contributed by atoms with van der Waals surface area (Å²) in [5.74, 6) is 1.84. The predicted octanol–water partition coefficient (Wildman–Crippen LogP) is 3.72. The first-order chi connectivity index (χ1) is 11.6. The molecule has 128 valence electrons. The van der Waals surface area contributed by atoms with Crippen LogP contribution >= 0.6 is 0 Å². The third-order valence-corrected chi connectivity index (χ3v) is 3.16. The maximum Gasteiger partial charge on any atom is 0.411 e. The van der Waals surface area contributed by atoms with Crippen LogP contribution < -0.4 is 19.5 Å². The molecule has 6 heteroatoms. The second kappa shape index (κ2) is 8.67. The number of benzene rings is 2. The van der Waals surface area contributed by atoms with Gasteiger partial charge in [-0.2, -0.15) is 0 Å². The van der Waals surface area contributed by atoms with Gasteiger partial charge in [-0.3, -0.25) is 5.32 Å². The number of rotatable bonds is 7. The summed E-state index contributed by atoms with van der Waals surface area (Å²) in [4.78, 5) is 11.9. The first-order valence-electron chi connectivity index (χ1n) is 7.50. The van der Waals surface area contributed by atoms with E-state index in [0.717, 1.165) is 5.75 Å². The lowest BCUT2D eigenvalue weighted by Gasteiger charge is -2.15. The predicted molar refractivity (Wildman–Crippen MR) is 91.0 cm³/mol. The zero-order valence-electron chi connectivity index (χ0n) is 13.9. The Morgan fingerprint density at radius 3 is 2.42 bits per heavy atom. The van der Waals surface area contributed by atoms with Gasteiger partial charge in [-0.05, 0) is 31.2 Å². The molecule has 6 nitrogen and oxygen atoms in total. The summed E-state index contributed by atoms with van der Waals surface area (Å²) in [6, 6.07) is 14.4. The van der Waals surface area contributed by atoms with Gasteiger partial charge in [0.1, 0.15) is 18.5 Å². The van der Waals surface area contributed by atoms with Crippen molar-refractivity contribution in [3.05, 3.63) is 48.5 Å². The Hall–Kier alpha value is -2.89. The van der Waals surface area contributed by atoms with Crippen molar-refractivity contribution in [2.45, 2.75) is 13.0 Å². The van der Waals surface area contributed by atoms with Gasteiger partial charge < -0.3 is 18.9 Å². The number of nitrogens with one attached hydrogen (secondary N) is 1. The Kier molecular flexibility index (Phi) is 6.31. The van der Waals surface area contributed by atoms with Crippen LogP contribution in [0.1, 0.15) is 6.92 Å². The fourth-order valence-corrected chi connectivity index (χ4v) is 2.03. The van der Waals surface area contributed by atoms with E-state index in [9.17, 15) is 4.79 Å². The maximum atomic E-state index is 11.9. The van der Waals surface area contributed by atoms with Crippen LogP contribution in [0.5, 0.6) is 17.2 Å². The minimum atomic E-state index is -0.564. The van der Waals surface area contributed by atoms with E-state index in [1.54, 1.807) is 25.3 Å². The average molecular weight is 331 g/mol. The number of ether oxygens (including phenoxy) is 4. The first kappa shape index (κ1) is 17.5. The second-order valence-electron chi connectivity index (χ2n) is 5.03. The lowest BCUT2D eigenvalue weighted by Crippen LogP contribution is -2.24. The Labute approximate surface area is 141 Å². The van der Waals surface area contributed by atoms with Crippen molar-refractivity contribution in [3.8, 4) is 17.2 Å². The summed E-state index contributed by atoms with van der Waals surface area (Å²) in [5, 5.41) is 2.63. The van der Waals surface area contributed by atoms with Crippen molar-refractivity contribution in [2.75, 3.05) is 26.1 Å².